The molecule has 1 N–H and O–H groups in total. The highest BCUT2D eigenvalue weighted by Gasteiger charge is 2.28. The normalized spacial score (nSPS) is 20.7. The standard InChI is InChI=1S/C18H35N3/c1-6-18(14-19,20-16(4)5)10-7-11-21-12-8-17(9-13-21)15(2)3/h15-17,20H,6-13H2,1-5H3. The van der Waals surface area contributed by atoms with E-state index in [9.17, 15) is 5.26 Å². The minimum Gasteiger partial charge on any atom is -0.303 e. The van der Waals surface area contributed by atoms with Crippen LogP contribution in [0.25, 0.3) is 0 Å². The molecule has 3 nitrogen and oxygen atoms in total. The Balaban J connectivity index is 2.34. The minimum absolute atomic E-state index is 0.329. The Kier molecular flexibility index (Phi) is 7.70. The maximum absolute atomic E-state index is 9.53. The number of piperidine rings is 1. The van der Waals surface area contributed by atoms with E-state index in [-0.39, 0.29) is 5.54 Å². The second-order valence-corrected chi connectivity index (χ2v) is 7.37. The number of hydrogen-bond acceptors (Lipinski definition) is 3. The largest absolute Gasteiger partial charge is 0.303 e. The van der Waals surface area contributed by atoms with Gasteiger partial charge in [-0.15, -0.1) is 0 Å². The molecule has 1 rings (SSSR count). The molecular weight excluding hydrogens is 258 g/mol. The second kappa shape index (κ2) is 8.76. The maximum Gasteiger partial charge on any atom is 0.106 e. The minimum atomic E-state index is -0.329. The SMILES string of the molecule is CCC(C#N)(CCCN1CCC(C(C)C)CC1)NC(C)C. The third-order valence-corrected chi connectivity index (χ3v) is 5.04. The van der Waals surface area contributed by atoms with Gasteiger partial charge < -0.3 is 4.90 Å². The van der Waals surface area contributed by atoms with Crippen molar-refractivity contribution >= 4 is 0 Å². The van der Waals surface area contributed by atoms with Crippen molar-refractivity contribution in [2.24, 2.45) is 11.8 Å². The second-order valence-electron chi connectivity index (χ2n) is 7.37. The fourth-order valence-electron chi connectivity index (χ4n) is 3.52. The molecule has 21 heavy (non-hydrogen) atoms. The Bertz CT molecular complexity index is 324. The first-order valence-electron chi connectivity index (χ1n) is 8.83. The van der Waals surface area contributed by atoms with E-state index in [1.54, 1.807) is 0 Å². The topological polar surface area (TPSA) is 39.1 Å². The molecule has 1 saturated heterocycles. The van der Waals surface area contributed by atoms with E-state index in [1.165, 1.54) is 25.9 Å². The summed E-state index contributed by atoms with van der Waals surface area (Å²) >= 11 is 0. The molecule has 0 aliphatic carbocycles. The van der Waals surface area contributed by atoms with Crippen LogP contribution >= 0.6 is 0 Å². The molecule has 0 aromatic carbocycles. The summed E-state index contributed by atoms with van der Waals surface area (Å²) < 4.78 is 0. The molecule has 0 aromatic heterocycles. The first-order chi connectivity index (χ1) is 9.92. The Morgan fingerprint density at radius 1 is 1.24 bits per heavy atom. The quantitative estimate of drug-likeness (QED) is 0.740. The zero-order valence-corrected chi connectivity index (χ0v) is 14.8. The van der Waals surface area contributed by atoms with Crippen molar-refractivity contribution in [1.29, 1.82) is 5.26 Å². The van der Waals surface area contributed by atoms with E-state index >= 15 is 0 Å². The average molecular weight is 293 g/mol. The summed E-state index contributed by atoms with van der Waals surface area (Å²) in [5, 5.41) is 13.0. The number of rotatable bonds is 8. The van der Waals surface area contributed by atoms with E-state index in [1.807, 2.05) is 0 Å². The Morgan fingerprint density at radius 3 is 2.29 bits per heavy atom. The summed E-state index contributed by atoms with van der Waals surface area (Å²) in [6.45, 7) is 14.7. The molecule has 0 saturated carbocycles. The van der Waals surface area contributed by atoms with Crippen LogP contribution in [0.5, 0.6) is 0 Å². The van der Waals surface area contributed by atoms with Crippen molar-refractivity contribution in [3.05, 3.63) is 0 Å². The van der Waals surface area contributed by atoms with E-state index in [0.717, 1.165) is 37.6 Å². The summed E-state index contributed by atoms with van der Waals surface area (Å²) in [6, 6.07) is 2.89. The van der Waals surface area contributed by atoms with Crippen LogP contribution in [0.4, 0.5) is 0 Å². The van der Waals surface area contributed by atoms with Crippen molar-refractivity contribution in [3.8, 4) is 6.07 Å². The Hall–Kier alpha value is -0.590. The van der Waals surface area contributed by atoms with E-state index in [0.29, 0.717) is 6.04 Å². The molecule has 122 valence electrons. The van der Waals surface area contributed by atoms with Crippen LogP contribution in [-0.2, 0) is 0 Å². The predicted molar refractivity (Wildman–Crippen MR) is 90.1 cm³/mol. The van der Waals surface area contributed by atoms with Gasteiger partial charge in [-0.05, 0) is 77.4 Å². The lowest BCUT2D eigenvalue weighted by Crippen LogP contribution is -2.47. The van der Waals surface area contributed by atoms with Crippen molar-refractivity contribution < 1.29 is 0 Å². The van der Waals surface area contributed by atoms with Gasteiger partial charge in [0.1, 0.15) is 5.54 Å². The molecule has 0 amide bonds. The third kappa shape index (κ3) is 5.96. The molecule has 1 aliphatic heterocycles. The molecule has 1 atom stereocenters. The maximum atomic E-state index is 9.53. The molecule has 1 fully saturated rings. The van der Waals surface area contributed by atoms with Crippen LogP contribution in [0.2, 0.25) is 0 Å². The Labute approximate surface area is 132 Å². The van der Waals surface area contributed by atoms with Gasteiger partial charge in [0.25, 0.3) is 0 Å². The fourth-order valence-corrected chi connectivity index (χ4v) is 3.52. The molecule has 0 aromatic rings. The first kappa shape index (κ1) is 18.5. The van der Waals surface area contributed by atoms with Crippen LogP contribution in [0.1, 0.15) is 66.7 Å². The number of nitriles is 1. The van der Waals surface area contributed by atoms with E-state index in [2.05, 4.69) is 50.9 Å². The zero-order chi connectivity index (χ0) is 15.9. The fraction of sp³-hybridized carbons (Fsp3) is 0.944. The van der Waals surface area contributed by atoms with Crippen molar-refractivity contribution in [2.45, 2.75) is 78.3 Å². The van der Waals surface area contributed by atoms with Gasteiger partial charge in [0.15, 0.2) is 0 Å². The molecular formula is C18H35N3. The summed E-state index contributed by atoms with van der Waals surface area (Å²) in [4.78, 5) is 2.59. The van der Waals surface area contributed by atoms with Crippen LogP contribution in [-0.4, -0.2) is 36.1 Å². The molecule has 0 radical (unpaired) electrons. The molecule has 0 bridgehead atoms. The monoisotopic (exact) mass is 293 g/mol. The van der Waals surface area contributed by atoms with Gasteiger partial charge in [-0.25, -0.2) is 0 Å². The average Bonchev–Trinajstić information content (AvgIpc) is 2.46. The van der Waals surface area contributed by atoms with Crippen molar-refractivity contribution in [2.75, 3.05) is 19.6 Å². The number of hydrogen-bond donors (Lipinski definition) is 1. The zero-order valence-electron chi connectivity index (χ0n) is 14.8. The summed E-state index contributed by atoms with van der Waals surface area (Å²) in [7, 11) is 0. The lowest BCUT2D eigenvalue weighted by molar-refractivity contribution is 0.152. The van der Waals surface area contributed by atoms with Gasteiger partial charge in [0.05, 0.1) is 6.07 Å². The number of nitrogens with one attached hydrogen (secondary N) is 1. The highest BCUT2D eigenvalue weighted by Crippen LogP contribution is 2.25. The molecule has 1 aliphatic rings. The van der Waals surface area contributed by atoms with Gasteiger partial charge in [-0.3, -0.25) is 5.32 Å². The third-order valence-electron chi connectivity index (χ3n) is 5.04. The van der Waals surface area contributed by atoms with E-state index in [4.69, 9.17) is 0 Å². The number of likely N-dealkylation sites (tertiary alicyclic amines) is 1. The molecule has 0 spiro atoms. The van der Waals surface area contributed by atoms with Crippen molar-refractivity contribution in [1.82, 2.24) is 10.2 Å². The van der Waals surface area contributed by atoms with Gasteiger partial charge in [0.2, 0.25) is 0 Å². The van der Waals surface area contributed by atoms with Gasteiger partial charge in [-0.2, -0.15) is 5.26 Å². The predicted octanol–water partition coefficient (Wildman–Crippen LogP) is 3.80. The van der Waals surface area contributed by atoms with Gasteiger partial charge >= 0.3 is 0 Å². The lowest BCUT2D eigenvalue weighted by Gasteiger charge is -2.35. The molecule has 3 heteroatoms. The Morgan fingerprint density at radius 2 is 1.86 bits per heavy atom. The van der Waals surface area contributed by atoms with Crippen molar-refractivity contribution in [3.63, 3.8) is 0 Å². The summed E-state index contributed by atoms with van der Waals surface area (Å²) in [5.74, 6) is 1.74. The highest BCUT2D eigenvalue weighted by molar-refractivity contribution is 5.06. The smallest absolute Gasteiger partial charge is 0.106 e. The van der Waals surface area contributed by atoms with E-state index < -0.39 is 0 Å². The van der Waals surface area contributed by atoms with Gasteiger partial charge in [0, 0.05) is 6.04 Å². The highest BCUT2D eigenvalue weighted by atomic mass is 15.1. The van der Waals surface area contributed by atoms with Crippen LogP contribution in [0.15, 0.2) is 0 Å². The molecule has 1 heterocycles. The van der Waals surface area contributed by atoms with Crippen LogP contribution in [0.3, 0.4) is 0 Å². The van der Waals surface area contributed by atoms with Crippen LogP contribution in [0, 0.1) is 23.2 Å². The summed E-state index contributed by atoms with van der Waals surface area (Å²) in [5.41, 5.74) is -0.329. The van der Waals surface area contributed by atoms with Crippen LogP contribution < -0.4 is 5.32 Å². The van der Waals surface area contributed by atoms with Gasteiger partial charge in [-0.1, -0.05) is 20.8 Å². The first-order valence-corrected chi connectivity index (χ1v) is 8.83. The number of nitrogens with zero attached hydrogens (tertiary/aromatic N) is 2. The lowest BCUT2D eigenvalue weighted by atomic mass is 9.86. The summed E-state index contributed by atoms with van der Waals surface area (Å²) in [6.07, 6.45) is 5.66. The molecule has 1 unspecified atom stereocenters.